The molecule has 2 nitrogen and oxygen atoms in total. The molecule has 3 rings (SSSR count). The summed E-state index contributed by atoms with van der Waals surface area (Å²) in [7, 11) is 0. The number of aromatic amines is 1. The van der Waals surface area contributed by atoms with Crippen molar-refractivity contribution < 1.29 is 4.39 Å². The van der Waals surface area contributed by atoms with Crippen molar-refractivity contribution >= 4 is 27.0 Å². The van der Waals surface area contributed by atoms with E-state index in [0.29, 0.717) is 6.42 Å². The SMILES string of the molecule is Fc1ccc2nc(Cc3cccc(Br)c3)[nH]c2c1. The van der Waals surface area contributed by atoms with Gasteiger partial charge in [0, 0.05) is 10.9 Å². The van der Waals surface area contributed by atoms with Gasteiger partial charge in [0.05, 0.1) is 11.0 Å². The predicted molar refractivity (Wildman–Crippen MR) is 73.0 cm³/mol. The van der Waals surface area contributed by atoms with Gasteiger partial charge in [-0.3, -0.25) is 0 Å². The fourth-order valence-corrected chi connectivity index (χ4v) is 2.41. The molecule has 18 heavy (non-hydrogen) atoms. The van der Waals surface area contributed by atoms with Crippen molar-refractivity contribution in [2.75, 3.05) is 0 Å². The molecule has 2 aromatic carbocycles. The summed E-state index contributed by atoms with van der Waals surface area (Å²) < 4.78 is 14.1. The fourth-order valence-electron chi connectivity index (χ4n) is 1.96. The van der Waals surface area contributed by atoms with E-state index >= 15 is 0 Å². The molecular formula is C14H10BrFN2. The third-order valence-corrected chi connectivity index (χ3v) is 3.25. The number of imidazole rings is 1. The van der Waals surface area contributed by atoms with Crippen LogP contribution in [-0.2, 0) is 6.42 Å². The Morgan fingerprint density at radius 2 is 2.06 bits per heavy atom. The zero-order valence-electron chi connectivity index (χ0n) is 9.45. The van der Waals surface area contributed by atoms with Crippen LogP contribution in [0.25, 0.3) is 11.0 Å². The topological polar surface area (TPSA) is 28.7 Å². The summed E-state index contributed by atoms with van der Waals surface area (Å²) in [5, 5.41) is 0. The molecule has 0 amide bonds. The van der Waals surface area contributed by atoms with Crippen LogP contribution >= 0.6 is 15.9 Å². The molecule has 0 radical (unpaired) electrons. The first-order valence-corrected chi connectivity index (χ1v) is 6.38. The monoisotopic (exact) mass is 304 g/mol. The first-order chi connectivity index (χ1) is 8.70. The van der Waals surface area contributed by atoms with Crippen LogP contribution in [0.2, 0.25) is 0 Å². The Bertz CT molecular complexity index is 706. The Balaban J connectivity index is 1.95. The summed E-state index contributed by atoms with van der Waals surface area (Å²) in [6.07, 6.45) is 0.704. The fraction of sp³-hybridized carbons (Fsp3) is 0.0714. The summed E-state index contributed by atoms with van der Waals surface area (Å²) in [6, 6.07) is 12.6. The molecule has 1 heterocycles. The molecule has 0 aliphatic carbocycles. The molecule has 0 aliphatic rings. The smallest absolute Gasteiger partial charge is 0.125 e. The number of H-pyrrole nitrogens is 1. The van der Waals surface area contributed by atoms with Gasteiger partial charge in [-0.05, 0) is 35.9 Å². The van der Waals surface area contributed by atoms with Crippen LogP contribution in [-0.4, -0.2) is 9.97 Å². The summed E-state index contributed by atoms with van der Waals surface area (Å²) in [5.74, 6) is 0.592. The van der Waals surface area contributed by atoms with Gasteiger partial charge in [-0.1, -0.05) is 28.1 Å². The molecule has 0 spiro atoms. The summed E-state index contributed by atoms with van der Waals surface area (Å²) in [6.45, 7) is 0. The molecule has 0 bridgehead atoms. The van der Waals surface area contributed by atoms with Crippen LogP contribution in [0.15, 0.2) is 46.9 Å². The third-order valence-electron chi connectivity index (χ3n) is 2.75. The summed E-state index contributed by atoms with van der Waals surface area (Å²) in [4.78, 5) is 7.58. The average molecular weight is 305 g/mol. The van der Waals surface area contributed by atoms with E-state index in [4.69, 9.17) is 0 Å². The summed E-state index contributed by atoms with van der Waals surface area (Å²) in [5.41, 5.74) is 2.69. The van der Waals surface area contributed by atoms with Gasteiger partial charge in [0.25, 0.3) is 0 Å². The maximum Gasteiger partial charge on any atom is 0.125 e. The normalized spacial score (nSPS) is 11.0. The van der Waals surface area contributed by atoms with Gasteiger partial charge in [0.1, 0.15) is 11.6 Å². The number of hydrogen-bond acceptors (Lipinski definition) is 1. The van der Waals surface area contributed by atoms with Crippen LogP contribution in [0, 0.1) is 5.82 Å². The zero-order valence-corrected chi connectivity index (χ0v) is 11.0. The lowest BCUT2D eigenvalue weighted by Crippen LogP contribution is -1.90. The highest BCUT2D eigenvalue weighted by molar-refractivity contribution is 9.10. The van der Waals surface area contributed by atoms with Crippen molar-refractivity contribution in [2.45, 2.75) is 6.42 Å². The van der Waals surface area contributed by atoms with Crippen molar-refractivity contribution in [2.24, 2.45) is 0 Å². The van der Waals surface area contributed by atoms with E-state index in [0.717, 1.165) is 26.9 Å². The van der Waals surface area contributed by atoms with Crippen LogP contribution in [0.5, 0.6) is 0 Å². The number of aromatic nitrogens is 2. The number of halogens is 2. The van der Waals surface area contributed by atoms with E-state index < -0.39 is 0 Å². The molecule has 3 aromatic rings. The van der Waals surface area contributed by atoms with Gasteiger partial charge in [-0.2, -0.15) is 0 Å². The second kappa shape index (κ2) is 4.53. The lowest BCUT2D eigenvalue weighted by molar-refractivity contribution is 0.629. The quantitative estimate of drug-likeness (QED) is 0.760. The number of nitrogens with zero attached hydrogens (tertiary/aromatic N) is 1. The Morgan fingerprint density at radius 1 is 1.17 bits per heavy atom. The zero-order chi connectivity index (χ0) is 12.5. The Labute approximate surface area is 112 Å². The molecule has 90 valence electrons. The van der Waals surface area contributed by atoms with E-state index in [1.165, 1.54) is 12.1 Å². The number of nitrogens with one attached hydrogen (secondary N) is 1. The average Bonchev–Trinajstić information content (AvgIpc) is 2.70. The van der Waals surface area contributed by atoms with E-state index in [9.17, 15) is 4.39 Å². The minimum atomic E-state index is -0.250. The van der Waals surface area contributed by atoms with Gasteiger partial charge < -0.3 is 4.98 Å². The molecule has 0 fully saturated rings. The lowest BCUT2D eigenvalue weighted by atomic mass is 10.1. The maximum atomic E-state index is 13.1. The molecule has 0 atom stereocenters. The molecule has 0 saturated heterocycles. The standard InChI is InChI=1S/C14H10BrFN2/c15-10-3-1-2-9(6-10)7-14-17-12-5-4-11(16)8-13(12)18-14/h1-6,8H,7H2,(H,17,18). The van der Waals surface area contributed by atoms with Gasteiger partial charge in [-0.25, -0.2) is 9.37 Å². The molecule has 4 heteroatoms. The third kappa shape index (κ3) is 2.29. The largest absolute Gasteiger partial charge is 0.342 e. The number of benzene rings is 2. The highest BCUT2D eigenvalue weighted by Gasteiger charge is 2.05. The second-order valence-corrected chi connectivity index (χ2v) is 5.07. The number of rotatable bonds is 2. The first kappa shape index (κ1) is 11.4. The highest BCUT2D eigenvalue weighted by atomic mass is 79.9. The lowest BCUT2D eigenvalue weighted by Gasteiger charge is -1.98. The summed E-state index contributed by atoms with van der Waals surface area (Å²) >= 11 is 3.44. The molecule has 0 aliphatic heterocycles. The minimum absolute atomic E-state index is 0.250. The van der Waals surface area contributed by atoms with Crippen molar-refractivity contribution in [1.29, 1.82) is 0 Å². The Kier molecular flexibility index (Phi) is 2.88. The molecular weight excluding hydrogens is 295 g/mol. The van der Waals surface area contributed by atoms with Gasteiger partial charge >= 0.3 is 0 Å². The predicted octanol–water partition coefficient (Wildman–Crippen LogP) is 4.06. The number of fused-ring (bicyclic) bond motifs is 1. The Hall–Kier alpha value is -1.68. The molecule has 1 N–H and O–H groups in total. The van der Waals surface area contributed by atoms with Crippen molar-refractivity contribution in [1.82, 2.24) is 9.97 Å². The van der Waals surface area contributed by atoms with Gasteiger partial charge in [0.15, 0.2) is 0 Å². The van der Waals surface area contributed by atoms with Gasteiger partial charge in [-0.15, -0.1) is 0 Å². The van der Waals surface area contributed by atoms with E-state index in [-0.39, 0.29) is 5.82 Å². The maximum absolute atomic E-state index is 13.1. The van der Waals surface area contributed by atoms with Crippen molar-refractivity contribution in [3.8, 4) is 0 Å². The van der Waals surface area contributed by atoms with Crippen LogP contribution in [0.4, 0.5) is 4.39 Å². The Morgan fingerprint density at radius 3 is 2.89 bits per heavy atom. The number of hydrogen-bond donors (Lipinski definition) is 1. The highest BCUT2D eigenvalue weighted by Crippen LogP contribution is 2.17. The van der Waals surface area contributed by atoms with Crippen molar-refractivity contribution in [3.63, 3.8) is 0 Å². The van der Waals surface area contributed by atoms with Gasteiger partial charge in [0.2, 0.25) is 0 Å². The second-order valence-electron chi connectivity index (χ2n) is 4.15. The van der Waals surface area contributed by atoms with Crippen molar-refractivity contribution in [3.05, 3.63) is 64.1 Å². The molecule has 0 saturated carbocycles. The van der Waals surface area contributed by atoms with E-state index in [2.05, 4.69) is 25.9 Å². The van der Waals surface area contributed by atoms with E-state index in [1.807, 2.05) is 24.3 Å². The molecule has 1 aromatic heterocycles. The minimum Gasteiger partial charge on any atom is -0.342 e. The first-order valence-electron chi connectivity index (χ1n) is 5.59. The van der Waals surface area contributed by atoms with Crippen LogP contribution in [0.3, 0.4) is 0 Å². The van der Waals surface area contributed by atoms with E-state index in [1.54, 1.807) is 6.07 Å². The molecule has 0 unspecified atom stereocenters. The van der Waals surface area contributed by atoms with Crippen LogP contribution in [0.1, 0.15) is 11.4 Å². The van der Waals surface area contributed by atoms with Crippen LogP contribution < -0.4 is 0 Å².